The third-order valence-electron chi connectivity index (χ3n) is 4.92. The highest BCUT2D eigenvalue weighted by molar-refractivity contribution is 7.48. The van der Waals surface area contributed by atoms with Crippen LogP contribution in [0.2, 0.25) is 0 Å². The number of nitrogen functional groups attached to an aromatic ring is 1. The molecule has 2 aromatic heterocycles. The van der Waals surface area contributed by atoms with Gasteiger partial charge in [0.15, 0.2) is 24.0 Å². The number of aromatic nitrogens is 4. The van der Waals surface area contributed by atoms with Gasteiger partial charge in [-0.15, -0.1) is 0 Å². The van der Waals surface area contributed by atoms with Crippen molar-refractivity contribution in [1.29, 1.82) is 0 Å². The number of hydrogen-bond acceptors (Lipinski definition) is 13. The average molecular weight is 473 g/mol. The molecule has 0 radical (unpaired) electrons. The van der Waals surface area contributed by atoms with Gasteiger partial charge in [-0.2, -0.15) is 9.97 Å². The third kappa shape index (κ3) is 4.05. The van der Waals surface area contributed by atoms with E-state index < -0.39 is 44.4 Å². The molecule has 0 spiro atoms. The Hall–Kier alpha value is -2.35. The first-order valence-electron chi connectivity index (χ1n) is 9.73. The lowest BCUT2D eigenvalue weighted by Crippen LogP contribution is -2.47. The van der Waals surface area contributed by atoms with Crippen LogP contribution < -0.4 is 10.5 Å². The Balaban J connectivity index is 1.56. The minimum atomic E-state index is -4.16. The summed E-state index contributed by atoms with van der Waals surface area (Å²) in [5, 5.41) is 11.3. The molecular weight excluding hydrogens is 449 g/mol. The van der Waals surface area contributed by atoms with Crippen molar-refractivity contribution in [2.45, 2.75) is 50.9 Å². The van der Waals surface area contributed by atoms with Gasteiger partial charge in [0, 0.05) is 0 Å². The van der Waals surface area contributed by atoms with E-state index in [1.165, 1.54) is 24.9 Å². The number of phosphoric ester groups is 1. The monoisotopic (exact) mass is 473 g/mol. The Morgan fingerprint density at radius 2 is 2.22 bits per heavy atom. The molecule has 32 heavy (non-hydrogen) atoms. The van der Waals surface area contributed by atoms with Crippen LogP contribution in [0.15, 0.2) is 6.33 Å². The van der Waals surface area contributed by atoms with Crippen LogP contribution in [0, 0.1) is 0 Å². The number of rotatable bonds is 6. The summed E-state index contributed by atoms with van der Waals surface area (Å²) in [6, 6.07) is 0. The predicted octanol–water partition coefficient (Wildman–Crippen LogP) is 0.557. The number of imidazole rings is 1. The van der Waals surface area contributed by atoms with Crippen LogP contribution >= 0.6 is 7.82 Å². The van der Waals surface area contributed by atoms with Gasteiger partial charge in [0.1, 0.15) is 17.8 Å². The van der Waals surface area contributed by atoms with Crippen molar-refractivity contribution in [2.75, 3.05) is 26.1 Å². The molecule has 0 aromatic carbocycles. The van der Waals surface area contributed by atoms with E-state index in [9.17, 15) is 14.5 Å². The number of carbonyl (C=O) groups excluding carboxylic acids is 1. The highest BCUT2D eigenvalue weighted by Gasteiger charge is 2.60. The molecule has 5 atom stereocenters. The smallest absolute Gasteiger partial charge is 0.475 e. The SMILES string of the molecule is COc1nc(N)nc2c1ncn2[C@@H]1O[C@@H]2COP(=O)(OCC(=O)OC(C)C)O[C@H]2[C@@]1(C)O. The minimum Gasteiger partial charge on any atom is -0.479 e. The number of nitrogens with zero attached hydrogens (tertiary/aromatic N) is 4. The number of anilines is 1. The minimum absolute atomic E-state index is 0.0584. The summed E-state index contributed by atoms with van der Waals surface area (Å²) in [6.07, 6.45) is -1.93. The first kappa shape index (κ1) is 22.8. The second-order valence-corrected chi connectivity index (χ2v) is 9.37. The van der Waals surface area contributed by atoms with Gasteiger partial charge in [0.2, 0.25) is 11.8 Å². The lowest BCUT2D eigenvalue weighted by Gasteiger charge is -2.34. The summed E-state index contributed by atoms with van der Waals surface area (Å²) >= 11 is 0. The number of esters is 1. The van der Waals surface area contributed by atoms with Gasteiger partial charge in [0.25, 0.3) is 0 Å². The van der Waals surface area contributed by atoms with Gasteiger partial charge in [-0.1, -0.05) is 0 Å². The average Bonchev–Trinajstić information content (AvgIpc) is 3.23. The summed E-state index contributed by atoms with van der Waals surface area (Å²) in [7, 11) is -2.75. The van der Waals surface area contributed by atoms with Crippen molar-refractivity contribution in [3.8, 4) is 5.88 Å². The second kappa shape index (κ2) is 8.21. The summed E-state index contributed by atoms with van der Waals surface area (Å²) < 4.78 is 46.1. The zero-order chi connectivity index (χ0) is 23.3. The molecule has 2 saturated heterocycles. The summed E-state index contributed by atoms with van der Waals surface area (Å²) in [6.45, 7) is 3.93. The van der Waals surface area contributed by atoms with Crippen LogP contribution in [0.3, 0.4) is 0 Å². The summed E-state index contributed by atoms with van der Waals surface area (Å²) in [5.74, 6) is -0.628. The molecule has 4 rings (SSSR count). The van der Waals surface area contributed by atoms with Crippen LogP contribution in [0.1, 0.15) is 27.0 Å². The molecule has 2 aliphatic heterocycles. The Bertz CT molecular complexity index is 1070. The van der Waals surface area contributed by atoms with Gasteiger partial charge in [0.05, 0.1) is 26.1 Å². The molecular formula is C17H24N5O9P. The van der Waals surface area contributed by atoms with Crippen LogP contribution in [0.5, 0.6) is 5.88 Å². The first-order chi connectivity index (χ1) is 15.0. The van der Waals surface area contributed by atoms with E-state index in [1.807, 2.05) is 0 Å². The van der Waals surface area contributed by atoms with E-state index in [0.717, 1.165) is 0 Å². The number of ether oxygens (including phenoxy) is 3. The van der Waals surface area contributed by atoms with E-state index >= 15 is 0 Å². The number of methoxy groups -OCH3 is 1. The lowest BCUT2D eigenvalue weighted by atomic mass is 9.96. The maximum absolute atomic E-state index is 12.9. The Kier molecular flexibility index (Phi) is 5.86. The number of fused-ring (bicyclic) bond motifs is 2. The number of phosphoric acid groups is 1. The molecule has 4 heterocycles. The van der Waals surface area contributed by atoms with Gasteiger partial charge >= 0.3 is 13.8 Å². The van der Waals surface area contributed by atoms with Gasteiger partial charge < -0.3 is 25.1 Å². The third-order valence-corrected chi connectivity index (χ3v) is 6.31. The molecule has 0 bridgehead atoms. The molecule has 15 heteroatoms. The Morgan fingerprint density at radius 1 is 1.47 bits per heavy atom. The quantitative estimate of drug-likeness (QED) is 0.439. The first-order valence-corrected chi connectivity index (χ1v) is 11.2. The van der Waals surface area contributed by atoms with E-state index in [1.54, 1.807) is 13.8 Å². The predicted molar refractivity (Wildman–Crippen MR) is 106 cm³/mol. The summed E-state index contributed by atoms with van der Waals surface area (Å²) in [4.78, 5) is 24.1. The molecule has 0 saturated carbocycles. The second-order valence-electron chi connectivity index (χ2n) is 7.75. The summed E-state index contributed by atoms with van der Waals surface area (Å²) in [5.41, 5.74) is 4.61. The van der Waals surface area contributed by atoms with Crippen molar-refractivity contribution in [3.63, 3.8) is 0 Å². The molecule has 0 amide bonds. The van der Waals surface area contributed by atoms with Gasteiger partial charge in [-0.05, 0) is 20.8 Å². The molecule has 3 N–H and O–H groups in total. The fourth-order valence-corrected chi connectivity index (χ4v) is 5.01. The normalized spacial score (nSPS) is 32.2. The standard InChI is InChI=1S/C17H24N5O9P/c1-8(2)29-10(23)6-28-32(25)27-5-9-12(31-32)17(3,24)15(30-9)22-7-19-11-13(22)20-16(18)21-14(11)26-4/h7-9,12,15,24H,5-6H2,1-4H3,(H2,18,20,21)/t9-,12-,15-,17-,32?/m1/s1. The zero-order valence-corrected chi connectivity index (χ0v) is 18.7. The maximum atomic E-state index is 12.9. The Labute approximate surface area is 182 Å². The molecule has 2 aromatic rings. The number of carbonyl (C=O) groups is 1. The van der Waals surface area contributed by atoms with Crippen molar-refractivity contribution in [3.05, 3.63) is 6.33 Å². The lowest BCUT2D eigenvalue weighted by molar-refractivity contribution is -0.151. The van der Waals surface area contributed by atoms with Crippen molar-refractivity contribution in [1.82, 2.24) is 19.5 Å². The van der Waals surface area contributed by atoms with Crippen LogP contribution in [0.4, 0.5) is 5.95 Å². The maximum Gasteiger partial charge on any atom is 0.475 e. The van der Waals surface area contributed by atoms with Crippen molar-refractivity contribution >= 4 is 30.9 Å². The van der Waals surface area contributed by atoms with Crippen molar-refractivity contribution in [2.24, 2.45) is 0 Å². The highest BCUT2D eigenvalue weighted by Crippen LogP contribution is 2.58. The van der Waals surface area contributed by atoms with E-state index in [4.69, 9.17) is 33.5 Å². The largest absolute Gasteiger partial charge is 0.479 e. The molecule has 14 nitrogen and oxygen atoms in total. The van der Waals surface area contributed by atoms with E-state index in [0.29, 0.717) is 5.52 Å². The fourth-order valence-electron chi connectivity index (χ4n) is 3.59. The zero-order valence-electron chi connectivity index (χ0n) is 17.8. The van der Waals surface area contributed by atoms with Crippen molar-refractivity contribution < 1.29 is 42.2 Å². The van der Waals surface area contributed by atoms with Crippen LogP contribution in [-0.4, -0.2) is 74.8 Å². The highest BCUT2D eigenvalue weighted by atomic mass is 31.2. The number of nitrogens with two attached hydrogens (primary N) is 1. The molecule has 0 aliphatic carbocycles. The van der Waals surface area contributed by atoms with Gasteiger partial charge in [-0.25, -0.2) is 14.3 Å². The fraction of sp³-hybridized carbons (Fsp3) is 0.647. The van der Waals surface area contributed by atoms with Crippen LogP contribution in [-0.2, 0) is 32.4 Å². The number of aliphatic hydroxyl groups is 1. The molecule has 2 fully saturated rings. The topological polar surface area (TPSA) is 179 Å². The van der Waals surface area contributed by atoms with E-state index in [2.05, 4.69) is 15.0 Å². The number of hydrogen-bond donors (Lipinski definition) is 2. The molecule has 176 valence electrons. The molecule has 2 aliphatic rings. The van der Waals surface area contributed by atoms with Crippen LogP contribution in [0.25, 0.3) is 11.2 Å². The Morgan fingerprint density at radius 3 is 2.91 bits per heavy atom. The van der Waals surface area contributed by atoms with Gasteiger partial charge in [-0.3, -0.25) is 18.1 Å². The molecule has 1 unspecified atom stereocenters. The van der Waals surface area contributed by atoms with E-state index in [-0.39, 0.29) is 30.2 Å².